The predicted octanol–water partition coefficient (Wildman–Crippen LogP) is 1.06. The van der Waals surface area contributed by atoms with E-state index in [1.165, 1.54) is 16.5 Å². The smallest absolute Gasteiger partial charge is 0.0935 e. The first-order valence-electron chi connectivity index (χ1n) is 5.63. The number of benzene rings is 1. The summed E-state index contributed by atoms with van der Waals surface area (Å²) < 4.78 is 2.11. The molecule has 1 aliphatic rings. The van der Waals surface area contributed by atoms with Crippen LogP contribution in [-0.4, -0.2) is 28.4 Å². The van der Waals surface area contributed by atoms with Gasteiger partial charge in [0.05, 0.1) is 5.60 Å². The average molecular weight is 216 g/mol. The van der Waals surface area contributed by atoms with Crippen LogP contribution in [-0.2, 0) is 13.5 Å². The quantitative estimate of drug-likeness (QED) is 0.787. The van der Waals surface area contributed by atoms with Gasteiger partial charge in [-0.15, -0.1) is 0 Å². The zero-order valence-corrected chi connectivity index (χ0v) is 9.40. The molecule has 0 radical (unpaired) electrons. The van der Waals surface area contributed by atoms with E-state index in [0.29, 0.717) is 13.1 Å². The Labute approximate surface area is 94.7 Å². The van der Waals surface area contributed by atoms with Crippen LogP contribution in [0.2, 0.25) is 0 Å². The fourth-order valence-corrected chi connectivity index (χ4v) is 2.34. The van der Waals surface area contributed by atoms with Crippen molar-refractivity contribution in [3.63, 3.8) is 0 Å². The first-order valence-corrected chi connectivity index (χ1v) is 5.63. The van der Waals surface area contributed by atoms with Crippen LogP contribution < -0.4 is 5.32 Å². The largest absolute Gasteiger partial charge is 0.387 e. The van der Waals surface area contributed by atoms with Gasteiger partial charge >= 0.3 is 0 Å². The topological polar surface area (TPSA) is 37.2 Å². The van der Waals surface area contributed by atoms with E-state index in [2.05, 4.69) is 40.3 Å². The maximum Gasteiger partial charge on any atom is 0.0935 e. The molecule has 3 rings (SSSR count). The fraction of sp³-hybridized carbons (Fsp3) is 0.385. The highest BCUT2D eigenvalue weighted by Gasteiger charge is 2.34. The van der Waals surface area contributed by atoms with E-state index in [1.807, 2.05) is 7.05 Å². The number of aromatic nitrogens is 1. The number of rotatable bonds is 2. The number of aryl methyl sites for hydroxylation is 1. The van der Waals surface area contributed by atoms with Crippen molar-refractivity contribution in [1.82, 2.24) is 9.88 Å². The summed E-state index contributed by atoms with van der Waals surface area (Å²) in [7, 11) is 2.05. The second-order valence-corrected chi connectivity index (χ2v) is 4.82. The summed E-state index contributed by atoms with van der Waals surface area (Å²) in [6, 6.07) is 8.52. The van der Waals surface area contributed by atoms with E-state index in [-0.39, 0.29) is 0 Å². The van der Waals surface area contributed by atoms with E-state index in [0.717, 1.165) is 6.42 Å². The van der Waals surface area contributed by atoms with Crippen molar-refractivity contribution in [2.75, 3.05) is 13.1 Å². The Kier molecular flexibility index (Phi) is 2.06. The minimum atomic E-state index is -0.529. The van der Waals surface area contributed by atoms with Crippen molar-refractivity contribution in [2.24, 2.45) is 7.05 Å². The van der Waals surface area contributed by atoms with Gasteiger partial charge in [-0.25, -0.2) is 0 Å². The number of fused-ring (bicyclic) bond motifs is 1. The highest BCUT2D eigenvalue weighted by molar-refractivity contribution is 5.80. The normalized spacial score (nSPS) is 18.6. The summed E-state index contributed by atoms with van der Waals surface area (Å²) in [5.74, 6) is 0. The maximum atomic E-state index is 10.1. The second kappa shape index (κ2) is 3.34. The lowest BCUT2D eigenvalue weighted by Gasteiger charge is -2.37. The standard InChI is InChI=1S/C13H16N2O/c1-15-5-4-11-3-2-10(6-12(11)15)7-13(16)8-14-9-13/h2-6,14,16H,7-9H2,1H3. The van der Waals surface area contributed by atoms with Gasteiger partial charge in [-0.3, -0.25) is 0 Å². The van der Waals surface area contributed by atoms with Gasteiger partial charge in [0, 0.05) is 38.3 Å². The number of hydrogen-bond donors (Lipinski definition) is 2. The highest BCUT2D eigenvalue weighted by atomic mass is 16.3. The van der Waals surface area contributed by atoms with Crippen LogP contribution in [0, 0.1) is 0 Å². The van der Waals surface area contributed by atoms with Crippen molar-refractivity contribution in [3.05, 3.63) is 36.0 Å². The number of hydrogen-bond acceptors (Lipinski definition) is 2. The van der Waals surface area contributed by atoms with Crippen molar-refractivity contribution in [2.45, 2.75) is 12.0 Å². The summed E-state index contributed by atoms with van der Waals surface area (Å²) >= 11 is 0. The number of nitrogens with zero attached hydrogens (tertiary/aromatic N) is 1. The van der Waals surface area contributed by atoms with Crippen LogP contribution in [0.3, 0.4) is 0 Å². The molecule has 2 N–H and O–H groups in total. The molecule has 0 bridgehead atoms. The van der Waals surface area contributed by atoms with Gasteiger partial charge in [-0.2, -0.15) is 0 Å². The van der Waals surface area contributed by atoms with Crippen LogP contribution in [0.15, 0.2) is 30.5 Å². The Bertz CT molecular complexity index is 526. The second-order valence-electron chi connectivity index (χ2n) is 4.82. The molecule has 0 saturated carbocycles. The summed E-state index contributed by atoms with van der Waals surface area (Å²) in [6.45, 7) is 1.41. The van der Waals surface area contributed by atoms with Gasteiger partial charge in [0.15, 0.2) is 0 Å². The third-order valence-corrected chi connectivity index (χ3v) is 3.39. The van der Waals surface area contributed by atoms with Crippen molar-refractivity contribution in [3.8, 4) is 0 Å². The van der Waals surface area contributed by atoms with Gasteiger partial charge in [0.2, 0.25) is 0 Å². The molecule has 1 aromatic heterocycles. The average Bonchev–Trinajstić information content (AvgIpc) is 2.58. The summed E-state index contributed by atoms with van der Waals surface area (Å²) in [5, 5.41) is 14.5. The fourth-order valence-electron chi connectivity index (χ4n) is 2.34. The molecule has 1 fully saturated rings. The van der Waals surface area contributed by atoms with Gasteiger partial charge in [0.1, 0.15) is 0 Å². The van der Waals surface area contributed by atoms with Gasteiger partial charge in [-0.05, 0) is 23.1 Å². The monoisotopic (exact) mass is 216 g/mol. The maximum absolute atomic E-state index is 10.1. The molecular weight excluding hydrogens is 200 g/mol. The van der Waals surface area contributed by atoms with Gasteiger partial charge in [-0.1, -0.05) is 12.1 Å². The Morgan fingerprint density at radius 1 is 1.38 bits per heavy atom. The third kappa shape index (κ3) is 1.52. The molecule has 0 spiro atoms. The molecule has 3 nitrogen and oxygen atoms in total. The Hall–Kier alpha value is -1.32. The van der Waals surface area contributed by atoms with E-state index >= 15 is 0 Å². The van der Waals surface area contributed by atoms with E-state index in [9.17, 15) is 5.11 Å². The van der Waals surface area contributed by atoms with Crippen LogP contribution >= 0.6 is 0 Å². The Morgan fingerprint density at radius 3 is 2.88 bits per heavy atom. The zero-order valence-electron chi connectivity index (χ0n) is 9.40. The number of β-amino-alcohol motifs (C(OH)–C–C–N with tert-alkyl or cyclic N) is 1. The minimum Gasteiger partial charge on any atom is -0.387 e. The lowest BCUT2D eigenvalue weighted by atomic mass is 9.89. The lowest BCUT2D eigenvalue weighted by molar-refractivity contribution is -0.00899. The van der Waals surface area contributed by atoms with Crippen LogP contribution in [0.25, 0.3) is 10.9 Å². The van der Waals surface area contributed by atoms with E-state index in [4.69, 9.17) is 0 Å². The predicted molar refractivity (Wildman–Crippen MR) is 64.4 cm³/mol. The summed E-state index contributed by atoms with van der Waals surface area (Å²) in [5.41, 5.74) is 1.91. The van der Waals surface area contributed by atoms with Gasteiger partial charge in [0.25, 0.3) is 0 Å². The first-order chi connectivity index (χ1) is 7.66. The summed E-state index contributed by atoms with van der Waals surface area (Å²) in [6.07, 6.45) is 2.80. The lowest BCUT2D eigenvalue weighted by Crippen LogP contribution is -2.60. The molecule has 16 heavy (non-hydrogen) atoms. The molecule has 0 unspecified atom stereocenters. The highest BCUT2D eigenvalue weighted by Crippen LogP contribution is 2.22. The molecule has 1 aliphatic heterocycles. The molecule has 0 aliphatic carbocycles. The van der Waals surface area contributed by atoms with Crippen molar-refractivity contribution in [1.29, 1.82) is 0 Å². The molecule has 2 aromatic rings. The SMILES string of the molecule is Cn1ccc2ccc(CC3(O)CNC3)cc21. The Morgan fingerprint density at radius 2 is 2.19 bits per heavy atom. The van der Waals surface area contributed by atoms with Gasteiger partial charge < -0.3 is 15.0 Å². The molecular formula is C13H16N2O. The molecule has 0 atom stereocenters. The molecule has 0 amide bonds. The number of nitrogens with one attached hydrogen (secondary N) is 1. The molecule has 1 aromatic carbocycles. The van der Waals surface area contributed by atoms with Crippen LogP contribution in [0.5, 0.6) is 0 Å². The Balaban J connectivity index is 1.95. The van der Waals surface area contributed by atoms with Crippen molar-refractivity contribution < 1.29 is 5.11 Å². The molecule has 2 heterocycles. The van der Waals surface area contributed by atoms with Crippen LogP contribution in [0.1, 0.15) is 5.56 Å². The van der Waals surface area contributed by atoms with Crippen LogP contribution in [0.4, 0.5) is 0 Å². The summed E-state index contributed by atoms with van der Waals surface area (Å²) in [4.78, 5) is 0. The zero-order chi connectivity index (χ0) is 11.2. The molecule has 84 valence electrons. The third-order valence-electron chi connectivity index (χ3n) is 3.39. The number of aliphatic hydroxyl groups is 1. The first kappa shape index (κ1) is 9.87. The molecule has 3 heteroatoms. The van der Waals surface area contributed by atoms with E-state index in [1.54, 1.807) is 0 Å². The molecule has 1 saturated heterocycles. The minimum absolute atomic E-state index is 0.529. The van der Waals surface area contributed by atoms with E-state index < -0.39 is 5.60 Å². The van der Waals surface area contributed by atoms with Crippen molar-refractivity contribution >= 4 is 10.9 Å².